The standard InChI is InChI=1S/C19H22ClN4O2SSi/c1-23-17(25)14(27-13-4-2-3-12(20)15(13)28)16(21)22-18(23)24-8-5-19(6-9-24)7-10-26-11-19/h2-4H,5-11,21H2,1H3. The van der Waals surface area contributed by atoms with Gasteiger partial charge in [-0.1, -0.05) is 29.4 Å². The molecule has 4 rings (SSSR count). The van der Waals surface area contributed by atoms with Gasteiger partial charge >= 0.3 is 0 Å². The summed E-state index contributed by atoms with van der Waals surface area (Å²) in [6, 6.07) is 5.52. The summed E-state index contributed by atoms with van der Waals surface area (Å²) in [6.45, 7) is 3.41. The van der Waals surface area contributed by atoms with E-state index in [9.17, 15) is 4.79 Å². The number of piperidine rings is 1. The molecule has 2 aromatic rings. The first-order valence-corrected chi connectivity index (χ1v) is 11.0. The van der Waals surface area contributed by atoms with Crippen LogP contribution in [0.5, 0.6) is 0 Å². The normalized spacial score (nSPS) is 18.8. The first-order valence-electron chi connectivity index (χ1n) is 9.27. The molecule has 0 atom stereocenters. The Balaban J connectivity index is 1.60. The molecule has 1 aromatic heterocycles. The Hall–Kier alpha value is -1.48. The molecule has 147 valence electrons. The fraction of sp³-hybridized carbons (Fsp3) is 0.474. The molecule has 2 N–H and O–H groups in total. The van der Waals surface area contributed by atoms with E-state index in [1.165, 1.54) is 11.8 Å². The van der Waals surface area contributed by atoms with Gasteiger partial charge in [-0.05, 0) is 42.0 Å². The first-order chi connectivity index (χ1) is 13.4. The van der Waals surface area contributed by atoms with Crippen LogP contribution in [0.1, 0.15) is 19.3 Å². The molecule has 3 radical (unpaired) electrons. The Morgan fingerprint density at radius 3 is 2.75 bits per heavy atom. The van der Waals surface area contributed by atoms with E-state index >= 15 is 0 Å². The molecular weight excluding hydrogens is 412 g/mol. The second kappa shape index (κ2) is 7.74. The quantitative estimate of drug-likeness (QED) is 0.746. The lowest BCUT2D eigenvalue weighted by Crippen LogP contribution is -2.43. The first kappa shape index (κ1) is 19.8. The average Bonchev–Trinajstić information content (AvgIpc) is 3.14. The number of anilines is 2. The predicted molar refractivity (Wildman–Crippen MR) is 114 cm³/mol. The van der Waals surface area contributed by atoms with E-state index in [0.717, 1.165) is 55.6 Å². The summed E-state index contributed by atoms with van der Waals surface area (Å²) in [5.74, 6) is 0.879. The lowest BCUT2D eigenvalue weighted by atomic mass is 9.78. The highest BCUT2D eigenvalue weighted by atomic mass is 35.5. The summed E-state index contributed by atoms with van der Waals surface area (Å²) < 4.78 is 7.20. The number of rotatable bonds is 3. The maximum absolute atomic E-state index is 13.0. The van der Waals surface area contributed by atoms with Crippen LogP contribution in [0, 0.1) is 5.41 Å². The van der Waals surface area contributed by atoms with E-state index in [-0.39, 0.29) is 11.4 Å². The minimum atomic E-state index is -0.150. The molecule has 0 saturated carbocycles. The number of aromatic nitrogens is 2. The smallest absolute Gasteiger partial charge is 0.270 e. The zero-order valence-corrected chi connectivity index (χ0v) is 18.3. The molecule has 0 amide bonds. The molecule has 2 saturated heterocycles. The Morgan fingerprint density at radius 1 is 1.32 bits per heavy atom. The predicted octanol–water partition coefficient (Wildman–Crippen LogP) is 1.97. The second-order valence-electron chi connectivity index (χ2n) is 7.50. The summed E-state index contributed by atoms with van der Waals surface area (Å²) in [5.41, 5.74) is 6.36. The number of hydrogen-bond donors (Lipinski definition) is 1. The van der Waals surface area contributed by atoms with Gasteiger partial charge in [0.2, 0.25) is 5.95 Å². The molecular formula is C19H22ClN4O2SSi. The second-order valence-corrected chi connectivity index (χ2v) is 9.45. The van der Waals surface area contributed by atoms with E-state index in [2.05, 4.69) is 20.1 Å². The lowest BCUT2D eigenvalue weighted by molar-refractivity contribution is 0.133. The van der Waals surface area contributed by atoms with Crippen molar-refractivity contribution in [3.05, 3.63) is 33.6 Å². The van der Waals surface area contributed by atoms with E-state index in [1.807, 2.05) is 12.1 Å². The number of nitrogens with two attached hydrogens (primary N) is 1. The van der Waals surface area contributed by atoms with Crippen LogP contribution in [0.15, 0.2) is 32.8 Å². The highest BCUT2D eigenvalue weighted by Gasteiger charge is 2.38. The number of benzene rings is 1. The Kier molecular flexibility index (Phi) is 5.48. The van der Waals surface area contributed by atoms with Crippen molar-refractivity contribution < 1.29 is 4.74 Å². The average molecular weight is 434 g/mol. The third-order valence-electron chi connectivity index (χ3n) is 5.73. The van der Waals surface area contributed by atoms with E-state index in [0.29, 0.717) is 21.3 Å². The van der Waals surface area contributed by atoms with Crippen LogP contribution in [0.25, 0.3) is 0 Å². The highest BCUT2D eigenvalue weighted by molar-refractivity contribution is 7.99. The number of ether oxygens (including phenoxy) is 1. The van der Waals surface area contributed by atoms with Gasteiger partial charge in [0.15, 0.2) is 0 Å². The molecule has 0 bridgehead atoms. The minimum absolute atomic E-state index is 0.150. The van der Waals surface area contributed by atoms with Crippen LogP contribution < -0.4 is 21.4 Å². The molecule has 6 nitrogen and oxygen atoms in total. The van der Waals surface area contributed by atoms with Gasteiger partial charge in [0, 0.05) is 36.7 Å². The van der Waals surface area contributed by atoms with Crippen LogP contribution in [0.4, 0.5) is 11.8 Å². The Labute approximate surface area is 176 Å². The third-order valence-corrected chi connectivity index (χ3v) is 8.07. The van der Waals surface area contributed by atoms with Gasteiger partial charge in [-0.25, -0.2) is 0 Å². The Morgan fingerprint density at radius 2 is 2.07 bits per heavy atom. The van der Waals surface area contributed by atoms with Crippen molar-refractivity contribution in [1.82, 2.24) is 9.55 Å². The Bertz CT molecular complexity index is 952. The van der Waals surface area contributed by atoms with Gasteiger partial charge in [-0.2, -0.15) is 4.98 Å². The molecule has 2 aliphatic rings. The number of nitrogen functional groups attached to an aromatic ring is 1. The zero-order valence-electron chi connectivity index (χ0n) is 15.7. The van der Waals surface area contributed by atoms with Gasteiger partial charge in [-0.15, -0.1) is 0 Å². The molecule has 28 heavy (non-hydrogen) atoms. The van der Waals surface area contributed by atoms with Gasteiger partial charge in [0.05, 0.1) is 16.8 Å². The molecule has 9 heteroatoms. The molecule has 2 aliphatic heterocycles. The maximum Gasteiger partial charge on any atom is 0.270 e. The highest BCUT2D eigenvalue weighted by Crippen LogP contribution is 2.40. The molecule has 3 heterocycles. The van der Waals surface area contributed by atoms with Gasteiger partial charge in [0.25, 0.3) is 5.56 Å². The van der Waals surface area contributed by atoms with E-state index < -0.39 is 0 Å². The number of halogens is 1. The molecule has 1 aromatic carbocycles. The van der Waals surface area contributed by atoms with E-state index in [1.54, 1.807) is 17.7 Å². The number of hydrogen-bond acceptors (Lipinski definition) is 6. The minimum Gasteiger partial charge on any atom is -0.382 e. The van der Waals surface area contributed by atoms with Gasteiger partial charge in [-0.3, -0.25) is 9.36 Å². The summed E-state index contributed by atoms with van der Waals surface area (Å²) in [5, 5.41) is 1.32. The van der Waals surface area contributed by atoms with Crippen molar-refractivity contribution in [2.75, 3.05) is 36.9 Å². The molecule has 2 fully saturated rings. The summed E-state index contributed by atoms with van der Waals surface area (Å²) in [4.78, 5) is 21.0. The van der Waals surface area contributed by atoms with Gasteiger partial charge in [0.1, 0.15) is 10.7 Å². The molecule has 1 spiro atoms. The van der Waals surface area contributed by atoms with Crippen molar-refractivity contribution >= 4 is 50.6 Å². The van der Waals surface area contributed by atoms with Crippen LogP contribution in [-0.2, 0) is 11.8 Å². The summed E-state index contributed by atoms with van der Waals surface area (Å²) >= 11 is 7.44. The van der Waals surface area contributed by atoms with Crippen molar-refractivity contribution in [3.8, 4) is 0 Å². The van der Waals surface area contributed by atoms with Crippen molar-refractivity contribution in [3.63, 3.8) is 0 Å². The lowest BCUT2D eigenvalue weighted by Gasteiger charge is -2.39. The fourth-order valence-corrected chi connectivity index (χ4v) is 5.39. The van der Waals surface area contributed by atoms with Crippen LogP contribution in [0.2, 0.25) is 5.02 Å². The van der Waals surface area contributed by atoms with Crippen molar-refractivity contribution in [1.29, 1.82) is 0 Å². The molecule has 0 unspecified atom stereocenters. The fourth-order valence-electron chi connectivity index (χ4n) is 3.89. The SMILES string of the molecule is Cn1c(N2CCC3(CCOC3)CC2)nc(N)c(Sc2cccc(Cl)c2[Si])c1=O. The van der Waals surface area contributed by atoms with E-state index in [4.69, 9.17) is 22.1 Å². The van der Waals surface area contributed by atoms with Crippen LogP contribution in [-0.4, -0.2) is 46.1 Å². The van der Waals surface area contributed by atoms with Crippen LogP contribution in [0.3, 0.4) is 0 Å². The topological polar surface area (TPSA) is 73.4 Å². The maximum atomic E-state index is 13.0. The van der Waals surface area contributed by atoms with Crippen LogP contribution >= 0.6 is 23.4 Å². The zero-order chi connectivity index (χ0) is 19.9. The van der Waals surface area contributed by atoms with Crippen molar-refractivity contribution in [2.45, 2.75) is 29.1 Å². The van der Waals surface area contributed by atoms with Gasteiger partial charge < -0.3 is 15.4 Å². The third kappa shape index (κ3) is 3.58. The largest absolute Gasteiger partial charge is 0.382 e. The summed E-state index contributed by atoms with van der Waals surface area (Å²) in [6.07, 6.45) is 3.22. The summed E-state index contributed by atoms with van der Waals surface area (Å²) in [7, 11) is 5.28. The molecule has 0 aliphatic carbocycles. The van der Waals surface area contributed by atoms with Crippen molar-refractivity contribution in [2.24, 2.45) is 12.5 Å². The number of nitrogens with zero attached hydrogens (tertiary/aromatic N) is 3. The monoisotopic (exact) mass is 433 g/mol.